The average Bonchev–Trinajstić information content (AvgIpc) is 2.69. The number of hydrogen-bond donors (Lipinski definition) is 1. The van der Waals surface area contributed by atoms with Gasteiger partial charge in [0.05, 0.1) is 28.9 Å². The zero-order valence-electron chi connectivity index (χ0n) is 15.5. The van der Waals surface area contributed by atoms with Crippen LogP contribution in [0, 0.1) is 0 Å². The third-order valence-electron chi connectivity index (χ3n) is 3.88. The van der Waals surface area contributed by atoms with Crippen molar-refractivity contribution in [3.8, 4) is 17.2 Å². The van der Waals surface area contributed by atoms with E-state index < -0.39 is 10.0 Å². The number of anilines is 1. The number of Topliss-reactive ketones (excluding diaryl/α,β-unsaturated/α-hetero) is 1. The highest BCUT2D eigenvalue weighted by atomic mass is 35.5. The number of sulfonamides is 1. The molecule has 9 heteroatoms. The first kappa shape index (κ1) is 20.6. The quantitative estimate of drug-likeness (QED) is 0.551. The van der Waals surface area contributed by atoms with Gasteiger partial charge in [0.15, 0.2) is 17.3 Å². The summed E-state index contributed by atoms with van der Waals surface area (Å²) in [5.41, 5.74) is 0.358. The number of aromatic nitrogens is 1. The summed E-state index contributed by atoms with van der Waals surface area (Å²) in [5, 5.41) is 0.412. The minimum absolute atomic E-state index is 0.100. The molecule has 0 aliphatic heterocycles. The van der Waals surface area contributed by atoms with Gasteiger partial charge in [0.25, 0.3) is 10.0 Å². The monoisotopic (exact) mass is 432 g/mol. The zero-order valence-corrected chi connectivity index (χ0v) is 17.1. The maximum atomic E-state index is 12.8. The van der Waals surface area contributed by atoms with Gasteiger partial charge in [0.2, 0.25) is 0 Å². The molecule has 1 aromatic heterocycles. The molecule has 1 N–H and O–H groups in total. The fourth-order valence-electron chi connectivity index (χ4n) is 2.59. The van der Waals surface area contributed by atoms with Gasteiger partial charge in [-0.2, -0.15) is 0 Å². The first-order chi connectivity index (χ1) is 13.8. The van der Waals surface area contributed by atoms with Crippen LogP contribution < -0.4 is 14.2 Å². The molecule has 0 saturated carbocycles. The molecule has 1 heterocycles. The number of carbonyl (C=O) groups excluding carboxylic acids is 1. The van der Waals surface area contributed by atoms with Crippen LogP contribution in [0.1, 0.15) is 17.3 Å². The molecule has 7 nitrogen and oxygen atoms in total. The number of hydrogen-bond acceptors (Lipinski definition) is 6. The molecule has 29 heavy (non-hydrogen) atoms. The Morgan fingerprint density at radius 2 is 1.83 bits per heavy atom. The largest absolute Gasteiger partial charge is 0.493 e. The van der Waals surface area contributed by atoms with Crippen molar-refractivity contribution in [3.63, 3.8) is 0 Å². The molecule has 3 aromatic rings. The van der Waals surface area contributed by atoms with Crippen molar-refractivity contribution in [1.82, 2.24) is 4.98 Å². The number of ketones is 1. The fraction of sp³-hybridized carbons (Fsp3) is 0.100. The Labute approximate surface area is 173 Å². The van der Waals surface area contributed by atoms with E-state index in [0.29, 0.717) is 22.3 Å². The van der Waals surface area contributed by atoms with E-state index in [1.54, 1.807) is 24.3 Å². The van der Waals surface area contributed by atoms with E-state index in [0.717, 1.165) is 0 Å². The molecule has 150 valence electrons. The summed E-state index contributed by atoms with van der Waals surface area (Å²) in [6.45, 7) is 1.31. The predicted molar refractivity (Wildman–Crippen MR) is 110 cm³/mol. The van der Waals surface area contributed by atoms with Crippen LogP contribution in [0.15, 0.2) is 65.8 Å². The van der Waals surface area contributed by atoms with Gasteiger partial charge < -0.3 is 9.47 Å². The van der Waals surface area contributed by atoms with E-state index in [2.05, 4.69) is 9.71 Å². The summed E-state index contributed by atoms with van der Waals surface area (Å²) in [5.74, 6) is 0.704. The Hall–Kier alpha value is -3.10. The molecule has 3 rings (SSSR count). The second-order valence-corrected chi connectivity index (χ2v) is 8.05. The van der Waals surface area contributed by atoms with Crippen molar-refractivity contribution >= 4 is 33.1 Å². The topological polar surface area (TPSA) is 94.6 Å². The van der Waals surface area contributed by atoms with Crippen molar-refractivity contribution < 1.29 is 22.7 Å². The van der Waals surface area contributed by atoms with Crippen molar-refractivity contribution in [2.24, 2.45) is 0 Å². The predicted octanol–water partition coefficient (Wildman–Crippen LogP) is 4.54. The molecule has 2 aromatic carbocycles. The molecular formula is C20H17ClN2O5S. The SMILES string of the molecule is COc1cc(NS(=O)(=O)c2ccccc2C(C)=O)ccc1Oc1cncc(Cl)c1. The van der Waals surface area contributed by atoms with Crippen molar-refractivity contribution in [2.45, 2.75) is 11.8 Å². The number of rotatable bonds is 7. The van der Waals surface area contributed by atoms with Crippen LogP contribution in [0.4, 0.5) is 5.69 Å². The number of benzene rings is 2. The molecule has 0 atom stereocenters. The standard InChI is InChI=1S/C20H17ClN2O5S/c1-13(24)17-5-3-4-6-20(17)29(25,26)23-15-7-8-18(19(10-15)27-2)28-16-9-14(21)11-22-12-16/h3-12,23H,1-2H3. The Kier molecular flexibility index (Phi) is 6.05. The Morgan fingerprint density at radius 1 is 1.07 bits per heavy atom. The van der Waals surface area contributed by atoms with E-state index in [9.17, 15) is 13.2 Å². The Morgan fingerprint density at radius 3 is 2.52 bits per heavy atom. The van der Waals surface area contributed by atoms with Gasteiger partial charge >= 0.3 is 0 Å². The van der Waals surface area contributed by atoms with Crippen LogP contribution >= 0.6 is 11.6 Å². The smallest absolute Gasteiger partial charge is 0.262 e. The van der Waals surface area contributed by atoms with Crippen LogP contribution in [0.5, 0.6) is 17.2 Å². The molecule has 0 radical (unpaired) electrons. The fourth-order valence-corrected chi connectivity index (χ4v) is 4.06. The Bertz CT molecular complexity index is 1170. The van der Waals surface area contributed by atoms with E-state index >= 15 is 0 Å². The van der Waals surface area contributed by atoms with Gasteiger partial charge in [-0.25, -0.2) is 8.42 Å². The second kappa shape index (κ2) is 8.50. The summed E-state index contributed by atoms with van der Waals surface area (Å²) in [4.78, 5) is 15.6. The van der Waals surface area contributed by atoms with Gasteiger partial charge in [-0.1, -0.05) is 29.8 Å². The molecule has 0 spiro atoms. The normalized spacial score (nSPS) is 11.0. The number of nitrogens with zero attached hydrogens (tertiary/aromatic N) is 1. The highest BCUT2D eigenvalue weighted by molar-refractivity contribution is 7.92. The molecule has 0 amide bonds. The summed E-state index contributed by atoms with van der Waals surface area (Å²) < 4.78 is 39.0. The molecule has 0 aliphatic rings. The highest BCUT2D eigenvalue weighted by Crippen LogP contribution is 2.35. The Balaban J connectivity index is 1.90. The molecule has 0 fully saturated rings. The van der Waals surface area contributed by atoms with Gasteiger partial charge in [0.1, 0.15) is 5.75 Å². The molecule has 0 saturated heterocycles. The number of halogens is 1. The van der Waals surface area contributed by atoms with Gasteiger partial charge in [-0.05, 0) is 25.1 Å². The van der Waals surface area contributed by atoms with E-state index in [-0.39, 0.29) is 21.9 Å². The lowest BCUT2D eigenvalue weighted by Gasteiger charge is -2.14. The third-order valence-corrected chi connectivity index (χ3v) is 5.53. The number of carbonyl (C=O) groups is 1. The van der Waals surface area contributed by atoms with E-state index in [4.69, 9.17) is 21.1 Å². The zero-order chi connectivity index (χ0) is 21.0. The summed E-state index contributed by atoms with van der Waals surface area (Å²) in [7, 11) is -2.55. The first-order valence-corrected chi connectivity index (χ1v) is 10.3. The molecular weight excluding hydrogens is 416 g/mol. The molecule has 0 bridgehead atoms. The van der Waals surface area contributed by atoms with E-state index in [1.807, 2.05) is 0 Å². The lowest BCUT2D eigenvalue weighted by molar-refractivity contribution is 0.101. The number of methoxy groups -OCH3 is 1. The maximum absolute atomic E-state index is 12.8. The summed E-state index contributed by atoms with van der Waals surface area (Å²) in [6.07, 6.45) is 2.96. The number of pyridine rings is 1. The van der Waals surface area contributed by atoms with Crippen LogP contribution in [0.2, 0.25) is 5.02 Å². The number of nitrogens with one attached hydrogen (secondary N) is 1. The van der Waals surface area contributed by atoms with Crippen LogP contribution in [0.25, 0.3) is 0 Å². The lowest BCUT2D eigenvalue weighted by atomic mass is 10.1. The van der Waals surface area contributed by atoms with Gasteiger partial charge in [-0.15, -0.1) is 0 Å². The third kappa shape index (κ3) is 4.85. The summed E-state index contributed by atoms with van der Waals surface area (Å²) >= 11 is 5.90. The maximum Gasteiger partial charge on any atom is 0.262 e. The lowest BCUT2D eigenvalue weighted by Crippen LogP contribution is -2.16. The van der Waals surface area contributed by atoms with Gasteiger partial charge in [-0.3, -0.25) is 14.5 Å². The van der Waals surface area contributed by atoms with Gasteiger partial charge in [0, 0.05) is 23.9 Å². The summed E-state index contributed by atoms with van der Waals surface area (Å²) in [6, 6.07) is 12.1. The van der Waals surface area contributed by atoms with Crippen molar-refractivity contribution in [2.75, 3.05) is 11.8 Å². The number of ether oxygens (including phenoxy) is 2. The first-order valence-electron chi connectivity index (χ1n) is 8.39. The van der Waals surface area contributed by atoms with E-state index in [1.165, 1.54) is 50.7 Å². The van der Waals surface area contributed by atoms with Crippen molar-refractivity contribution in [3.05, 3.63) is 71.5 Å². The average molecular weight is 433 g/mol. The minimum atomic E-state index is -3.99. The second-order valence-electron chi connectivity index (χ2n) is 5.96. The highest BCUT2D eigenvalue weighted by Gasteiger charge is 2.21. The van der Waals surface area contributed by atoms with Crippen molar-refractivity contribution in [1.29, 1.82) is 0 Å². The minimum Gasteiger partial charge on any atom is -0.493 e. The molecule has 0 aliphatic carbocycles. The molecule has 0 unspecified atom stereocenters. The van der Waals surface area contributed by atoms with Crippen LogP contribution in [-0.2, 0) is 10.0 Å². The van der Waals surface area contributed by atoms with Crippen LogP contribution in [-0.4, -0.2) is 26.3 Å². The van der Waals surface area contributed by atoms with Crippen LogP contribution in [0.3, 0.4) is 0 Å².